The monoisotopic (exact) mass is 173 g/mol. The molecule has 6 heteroatoms. The van der Waals surface area contributed by atoms with Crippen LogP contribution in [0.4, 0.5) is 0 Å². The first-order chi connectivity index (χ1) is 5.49. The molecule has 0 aromatic carbocycles. The zero-order chi connectivity index (χ0) is 9.72. The maximum atomic E-state index is 10.5. The molecule has 0 unspecified atom stereocenters. The Morgan fingerprint density at radius 1 is 1.25 bits per heavy atom. The van der Waals surface area contributed by atoms with Crippen LogP contribution in [0.25, 0.3) is 0 Å². The highest BCUT2D eigenvalue weighted by molar-refractivity contribution is 6.02. The third-order valence-corrected chi connectivity index (χ3v) is 0.966. The molecule has 0 aromatic heterocycles. The van der Waals surface area contributed by atoms with Crippen LogP contribution < -0.4 is 5.32 Å². The lowest BCUT2D eigenvalue weighted by atomic mass is 10.3. The quantitative estimate of drug-likeness (QED) is 0.367. The van der Waals surface area contributed by atoms with Crippen LogP contribution in [0, 0.1) is 0 Å². The van der Waals surface area contributed by atoms with Gasteiger partial charge in [-0.15, -0.1) is 0 Å². The number of carboxylic acid groups (broad SMARTS) is 2. The summed E-state index contributed by atoms with van der Waals surface area (Å²) in [4.78, 5) is 30.8. The lowest BCUT2D eigenvalue weighted by Gasteiger charge is -2.06. The molecule has 6 nitrogen and oxygen atoms in total. The first-order valence-corrected chi connectivity index (χ1v) is 2.87. The van der Waals surface area contributed by atoms with E-state index in [-0.39, 0.29) is 0 Å². The van der Waals surface area contributed by atoms with E-state index in [0.29, 0.717) is 0 Å². The fourth-order valence-corrected chi connectivity index (χ4v) is 0.430. The van der Waals surface area contributed by atoms with Gasteiger partial charge in [-0.25, -0.2) is 9.59 Å². The van der Waals surface area contributed by atoms with Crippen molar-refractivity contribution < 1.29 is 24.6 Å². The highest BCUT2D eigenvalue weighted by Crippen LogP contribution is 1.84. The summed E-state index contributed by atoms with van der Waals surface area (Å²) in [6.45, 7) is 3.03. The molecule has 0 heterocycles. The van der Waals surface area contributed by atoms with E-state index < -0.39 is 23.9 Å². The minimum absolute atomic E-state index is 0.791. The van der Waals surface area contributed by atoms with Gasteiger partial charge in [0.05, 0.1) is 0 Å². The molecule has 0 rings (SSSR count). The fourth-order valence-electron chi connectivity index (χ4n) is 0.430. The van der Waals surface area contributed by atoms with Gasteiger partial charge in [0.1, 0.15) is 0 Å². The molecule has 3 N–H and O–H groups in total. The average Bonchev–Trinajstić information content (AvgIpc) is 1.98. The number of rotatable bonds is 4. The minimum Gasteiger partial charge on any atom is -0.479 e. The second kappa shape index (κ2) is 4.12. The van der Waals surface area contributed by atoms with E-state index in [9.17, 15) is 14.4 Å². The second-order valence-electron chi connectivity index (χ2n) is 1.82. The summed E-state index contributed by atoms with van der Waals surface area (Å²) >= 11 is 0. The van der Waals surface area contributed by atoms with Gasteiger partial charge in [-0.1, -0.05) is 6.58 Å². The van der Waals surface area contributed by atoms with Crippen LogP contribution in [0.1, 0.15) is 0 Å². The molecule has 0 atom stereocenters. The Labute approximate surface area is 67.5 Å². The van der Waals surface area contributed by atoms with Gasteiger partial charge < -0.3 is 15.5 Å². The zero-order valence-electron chi connectivity index (χ0n) is 5.98. The summed E-state index contributed by atoms with van der Waals surface area (Å²) in [6.07, 6.45) is 0.791. The maximum absolute atomic E-state index is 10.5. The highest BCUT2D eigenvalue weighted by atomic mass is 16.4. The molecule has 0 aromatic rings. The largest absolute Gasteiger partial charge is 0.479 e. The number of carbonyl (C=O) groups is 3. The molecule has 0 radical (unpaired) electrons. The molecular weight excluding hydrogens is 166 g/mol. The van der Waals surface area contributed by atoms with E-state index in [4.69, 9.17) is 10.2 Å². The summed E-state index contributed by atoms with van der Waals surface area (Å²) in [6, 6.07) is -1.92. The smallest absolute Gasteiger partial charge is 0.338 e. The van der Waals surface area contributed by atoms with E-state index in [1.54, 1.807) is 5.32 Å². The molecule has 0 aliphatic rings. The molecule has 1 amide bonds. The summed E-state index contributed by atoms with van der Waals surface area (Å²) in [5, 5.41) is 18.2. The van der Waals surface area contributed by atoms with Crippen molar-refractivity contribution in [3.05, 3.63) is 12.7 Å². The van der Waals surface area contributed by atoms with E-state index in [2.05, 4.69) is 6.58 Å². The fraction of sp³-hybridized carbons (Fsp3) is 0.167. The van der Waals surface area contributed by atoms with E-state index in [1.807, 2.05) is 0 Å². The lowest BCUT2D eigenvalue weighted by Crippen LogP contribution is -2.45. The number of nitrogens with one attached hydrogen (secondary N) is 1. The molecule has 0 spiro atoms. The van der Waals surface area contributed by atoms with Crippen molar-refractivity contribution >= 4 is 17.8 Å². The molecule has 0 bridgehead atoms. The topological polar surface area (TPSA) is 104 Å². The zero-order valence-corrected chi connectivity index (χ0v) is 5.98. The maximum Gasteiger partial charge on any atom is 0.338 e. The number of carboxylic acids is 2. The third-order valence-electron chi connectivity index (χ3n) is 0.966. The van der Waals surface area contributed by atoms with Crippen molar-refractivity contribution in [2.75, 3.05) is 0 Å². The van der Waals surface area contributed by atoms with Crippen LogP contribution in [-0.2, 0) is 14.4 Å². The molecule has 12 heavy (non-hydrogen) atoms. The summed E-state index contributed by atoms with van der Waals surface area (Å²) in [5.41, 5.74) is 0. The van der Waals surface area contributed by atoms with Gasteiger partial charge in [0, 0.05) is 0 Å². The summed E-state index contributed by atoms with van der Waals surface area (Å²) in [5.74, 6) is -4.10. The lowest BCUT2D eigenvalue weighted by molar-refractivity contribution is -0.152. The molecule has 0 aliphatic carbocycles. The molecule has 0 aliphatic heterocycles. The Bertz CT molecular complexity index is 220. The molecule has 0 saturated carbocycles. The van der Waals surface area contributed by atoms with Crippen LogP contribution in [0.2, 0.25) is 0 Å². The van der Waals surface area contributed by atoms with Gasteiger partial charge >= 0.3 is 11.9 Å². The van der Waals surface area contributed by atoms with Crippen LogP contribution in [-0.4, -0.2) is 34.1 Å². The third kappa shape index (κ3) is 2.82. The van der Waals surface area contributed by atoms with Crippen molar-refractivity contribution in [3.8, 4) is 0 Å². The van der Waals surface area contributed by atoms with Crippen LogP contribution in [0.15, 0.2) is 12.7 Å². The Morgan fingerprint density at radius 2 is 1.67 bits per heavy atom. The van der Waals surface area contributed by atoms with Gasteiger partial charge in [-0.2, -0.15) is 0 Å². The van der Waals surface area contributed by atoms with Crippen LogP contribution in [0.5, 0.6) is 0 Å². The number of carbonyl (C=O) groups excluding carboxylic acids is 1. The predicted octanol–water partition coefficient (Wildman–Crippen LogP) is -1.17. The van der Waals surface area contributed by atoms with Crippen LogP contribution >= 0.6 is 0 Å². The highest BCUT2D eigenvalue weighted by Gasteiger charge is 2.26. The van der Waals surface area contributed by atoms with Crippen molar-refractivity contribution in [2.45, 2.75) is 6.04 Å². The standard InChI is InChI=1S/C6H7NO5/c1-2-3(8)7-4(5(9)10)6(11)12/h2,4H,1H2,(H,7,8)(H,9,10)(H,11,12). The molecule has 0 fully saturated rings. The SMILES string of the molecule is C=CC(=O)NC(C(=O)O)C(=O)O. The summed E-state index contributed by atoms with van der Waals surface area (Å²) < 4.78 is 0. The first kappa shape index (κ1) is 10.2. The van der Waals surface area contributed by atoms with Crippen molar-refractivity contribution in [1.29, 1.82) is 0 Å². The van der Waals surface area contributed by atoms with Gasteiger partial charge in [-0.3, -0.25) is 4.79 Å². The van der Waals surface area contributed by atoms with Crippen molar-refractivity contribution in [3.63, 3.8) is 0 Å². The van der Waals surface area contributed by atoms with Gasteiger partial charge in [0.15, 0.2) is 0 Å². The Balaban J connectivity index is 4.34. The van der Waals surface area contributed by atoms with Crippen LogP contribution in [0.3, 0.4) is 0 Å². The minimum atomic E-state index is -1.92. The van der Waals surface area contributed by atoms with E-state index >= 15 is 0 Å². The molecular formula is C6H7NO5. The number of hydrogen-bond donors (Lipinski definition) is 3. The predicted molar refractivity (Wildman–Crippen MR) is 37.4 cm³/mol. The van der Waals surface area contributed by atoms with E-state index in [0.717, 1.165) is 6.08 Å². The molecule has 66 valence electrons. The second-order valence-corrected chi connectivity index (χ2v) is 1.82. The normalized spacial score (nSPS) is 9.08. The number of aliphatic carboxylic acids is 2. The molecule has 0 saturated heterocycles. The van der Waals surface area contributed by atoms with Gasteiger partial charge in [0.2, 0.25) is 11.9 Å². The Morgan fingerprint density at radius 3 is 1.92 bits per heavy atom. The van der Waals surface area contributed by atoms with Crippen molar-refractivity contribution in [2.24, 2.45) is 0 Å². The Kier molecular flexibility index (Phi) is 3.48. The van der Waals surface area contributed by atoms with Gasteiger partial charge in [0.25, 0.3) is 0 Å². The number of amides is 1. The van der Waals surface area contributed by atoms with E-state index in [1.165, 1.54) is 0 Å². The summed E-state index contributed by atoms with van der Waals surface area (Å²) in [7, 11) is 0. The number of hydrogen-bond acceptors (Lipinski definition) is 3. The van der Waals surface area contributed by atoms with Crippen molar-refractivity contribution in [1.82, 2.24) is 5.32 Å². The Hall–Kier alpha value is -1.85. The average molecular weight is 173 g/mol. The van der Waals surface area contributed by atoms with Gasteiger partial charge in [-0.05, 0) is 6.08 Å². The first-order valence-electron chi connectivity index (χ1n) is 2.87.